The molecule has 0 bridgehead atoms. The molecular formula is C18H28FNO3. The molecular weight excluding hydrogens is 297 g/mol. The Morgan fingerprint density at radius 1 is 1.35 bits per heavy atom. The molecule has 0 aromatic heterocycles. The van der Waals surface area contributed by atoms with Crippen molar-refractivity contribution >= 4 is 18.1 Å². The Morgan fingerprint density at radius 3 is 2.43 bits per heavy atom. The largest absolute Gasteiger partial charge is 0.465 e. The van der Waals surface area contributed by atoms with Crippen molar-refractivity contribution in [3.8, 4) is 0 Å². The van der Waals surface area contributed by atoms with Crippen molar-refractivity contribution in [1.29, 1.82) is 0 Å². The van der Waals surface area contributed by atoms with Gasteiger partial charge in [0.15, 0.2) is 0 Å². The van der Waals surface area contributed by atoms with Crippen LogP contribution in [0.3, 0.4) is 0 Å². The summed E-state index contributed by atoms with van der Waals surface area (Å²) in [6.07, 6.45) is 6.10. The molecule has 4 nitrogen and oxygen atoms in total. The van der Waals surface area contributed by atoms with Crippen molar-refractivity contribution in [2.75, 3.05) is 5.32 Å². The standard InChI is InChI=1S/C14H18FNO.C4H8O2.H2/c1-10(17)16-14-8-7-12(9-13(14)15)11-5-3-2-4-6-11;1-4(2)6-3-5;/h7-9,11H,2-6H2,1H3,(H,16,17);3-4H,1-2H3;1H. The smallest absolute Gasteiger partial charge is 0.293 e. The van der Waals surface area contributed by atoms with Gasteiger partial charge >= 0.3 is 0 Å². The van der Waals surface area contributed by atoms with E-state index >= 15 is 0 Å². The summed E-state index contributed by atoms with van der Waals surface area (Å²) in [6.45, 7) is 5.43. The third kappa shape index (κ3) is 7.26. The second-order valence-corrected chi connectivity index (χ2v) is 6.04. The summed E-state index contributed by atoms with van der Waals surface area (Å²) in [7, 11) is 0. The average molecular weight is 325 g/mol. The first kappa shape index (κ1) is 19.1. The Hall–Kier alpha value is -1.91. The van der Waals surface area contributed by atoms with Gasteiger partial charge in [-0.3, -0.25) is 9.59 Å². The summed E-state index contributed by atoms with van der Waals surface area (Å²) in [4.78, 5) is 20.3. The molecule has 1 saturated carbocycles. The van der Waals surface area contributed by atoms with Crippen molar-refractivity contribution in [3.05, 3.63) is 29.6 Å². The number of carbonyl (C=O) groups is 2. The van der Waals surface area contributed by atoms with Gasteiger partial charge in [0, 0.05) is 8.35 Å². The van der Waals surface area contributed by atoms with Crippen molar-refractivity contribution in [2.24, 2.45) is 0 Å². The number of hydrogen-bond donors (Lipinski definition) is 1. The van der Waals surface area contributed by atoms with E-state index in [1.807, 2.05) is 6.07 Å². The summed E-state index contributed by atoms with van der Waals surface area (Å²) in [6, 6.07) is 5.17. The van der Waals surface area contributed by atoms with Crippen LogP contribution in [0.25, 0.3) is 0 Å². The third-order valence-electron chi connectivity index (χ3n) is 3.71. The van der Waals surface area contributed by atoms with Crippen LogP contribution in [0.4, 0.5) is 10.1 Å². The highest BCUT2D eigenvalue weighted by atomic mass is 19.1. The first-order valence-corrected chi connectivity index (χ1v) is 8.10. The summed E-state index contributed by atoms with van der Waals surface area (Å²) >= 11 is 0. The van der Waals surface area contributed by atoms with Gasteiger partial charge in [0.05, 0.1) is 11.8 Å². The van der Waals surface area contributed by atoms with Gasteiger partial charge < -0.3 is 10.1 Å². The highest BCUT2D eigenvalue weighted by Gasteiger charge is 2.16. The molecule has 0 unspecified atom stereocenters. The summed E-state index contributed by atoms with van der Waals surface area (Å²) < 4.78 is 18.1. The SMILES string of the molecule is CC(=O)Nc1ccc(C2CCCCC2)cc1F.CC(C)OC=O.[HH]. The van der Waals surface area contributed by atoms with Crippen LogP contribution in [0, 0.1) is 5.82 Å². The summed E-state index contributed by atoms with van der Waals surface area (Å²) in [5.74, 6) is -0.0813. The number of benzene rings is 1. The summed E-state index contributed by atoms with van der Waals surface area (Å²) in [5, 5.41) is 2.49. The topological polar surface area (TPSA) is 55.4 Å². The van der Waals surface area contributed by atoms with Crippen molar-refractivity contribution in [3.63, 3.8) is 0 Å². The molecule has 1 aliphatic carbocycles. The average Bonchev–Trinajstić information content (AvgIpc) is 2.50. The maximum Gasteiger partial charge on any atom is 0.293 e. The molecule has 1 aliphatic rings. The number of ether oxygens (including phenoxy) is 1. The molecule has 1 fully saturated rings. The normalized spacial score (nSPS) is 14.7. The zero-order chi connectivity index (χ0) is 17.2. The molecule has 1 N–H and O–H groups in total. The number of rotatable bonds is 4. The molecule has 0 saturated heterocycles. The molecule has 5 heteroatoms. The minimum atomic E-state index is -0.330. The van der Waals surface area contributed by atoms with Gasteiger partial charge in [-0.2, -0.15) is 0 Å². The zero-order valence-electron chi connectivity index (χ0n) is 14.1. The van der Waals surface area contributed by atoms with Gasteiger partial charge in [0.2, 0.25) is 5.91 Å². The lowest BCUT2D eigenvalue weighted by Crippen LogP contribution is -2.09. The highest BCUT2D eigenvalue weighted by Crippen LogP contribution is 2.33. The van der Waals surface area contributed by atoms with E-state index in [9.17, 15) is 14.0 Å². The number of amides is 1. The monoisotopic (exact) mass is 325 g/mol. The van der Waals surface area contributed by atoms with E-state index in [4.69, 9.17) is 0 Å². The van der Waals surface area contributed by atoms with E-state index < -0.39 is 0 Å². The molecule has 0 heterocycles. The Balaban J connectivity index is 0.000000655. The molecule has 2 rings (SSSR count). The van der Waals surface area contributed by atoms with Crippen LogP contribution in [0.15, 0.2) is 18.2 Å². The Labute approximate surface area is 138 Å². The number of carbonyl (C=O) groups excluding carboxylic acids is 2. The molecule has 0 radical (unpaired) electrons. The third-order valence-corrected chi connectivity index (χ3v) is 3.71. The minimum Gasteiger partial charge on any atom is -0.465 e. The van der Waals surface area contributed by atoms with Crippen LogP contribution >= 0.6 is 0 Å². The van der Waals surface area contributed by atoms with E-state index in [-0.39, 0.29) is 24.9 Å². The Morgan fingerprint density at radius 2 is 2.00 bits per heavy atom. The van der Waals surface area contributed by atoms with E-state index in [2.05, 4.69) is 10.1 Å². The van der Waals surface area contributed by atoms with Crippen LogP contribution in [0.5, 0.6) is 0 Å². The first-order valence-electron chi connectivity index (χ1n) is 8.10. The van der Waals surface area contributed by atoms with E-state index in [0.29, 0.717) is 12.4 Å². The fourth-order valence-corrected chi connectivity index (χ4v) is 2.62. The van der Waals surface area contributed by atoms with E-state index in [0.717, 1.165) is 18.4 Å². The Bertz CT molecular complexity index is 517. The number of hydrogen-bond acceptors (Lipinski definition) is 3. The van der Waals surface area contributed by atoms with Gasteiger partial charge in [-0.15, -0.1) is 0 Å². The maximum absolute atomic E-state index is 13.8. The molecule has 1 aromatic carbocycles. The van der Waals surface area contributed by atoms with Gasteiger partial charge in [-0.05, 0) is 50.3 Å². The predicted molar refractivity (Wildman–Crippen MR) is 90.9 cm³/mol. The van der Waals surface area contributed by atoms with Gasteiger partial charge in [0.25, 0.3) is 6.47 Å². The van der Waals surface area contributed by atoms with Gasteiger partial charge in [-0.25, -0.2) is 4.39 Å². The quantitative estimate of drug-likeness (QED) is 0.820. The molecule has 23 heavy (non-hydrogen) atoms. The second-order valence-electron chi connectivity index (χ2n) is 6.04. The van der Waals surface area contributed by atoms with Crippen LogP contribution in [0.2, 0.25) is 0 Å². The van der Waals surface area contributed by atoms with Crippen molar-refractivity contribution in [1.82, 2.24) is 0 Å². The molecule has 0 atom stereocenters. The lowest BCUT2D eigenvalue weighted by molar-refractivity contribution is -0.132. The van der Waals surface area contributed by atoms with Crippen LogP contribution < -0.4 is 5.32 Å². The summed E-state index contributed by atoms with van der Waals surface area (Å²) in [5.41, 5.74) is 1.34. The van der Waals surface area contributed by atoms with Crippen LogP contribution in [-0.2, 0) is 14.3 Å². The fraction of sp³-hybridized carbons (Fsp3) is 0.556. The van der Waals surface area contributed by atoms with E-state index in [1.165, 1.54) is 26.2 Å². The molecule has 0 spiro atoms. The lowest BCUT2D eigenvalue weighted by Gasteiger charge is -2.22. The van der Waals surface area contributed by atoms with Gasteiger partial charge in [-0.1, -0.05) is 25.3 Å². The zero-order valence-corrected chi connectivity index (χ0v) is 14.1. The molecule has 0 aliphatic heterocycles. The Kier molecular flexibility index (Phi) is 8.30. The second kappa shape index (κ2) is 9.98. The molecule has 1 aromatic rings. The highest BCUT2D eigenvalue weighted by molar-refractivity contribution is 5.88. The number of halogens is 1. The van der Waals surface area contributed by atoms with Gasteiger partial charge in [0.1, 0.15) is 5.82 Å². The van der Waals surface area contributed by atoms with Crippen molar-refractivity contribution in [2.45, 2.75) is 64.9 Å². The minimum absolute atomic E-state index is 0. The first-order chi connectivity index (χ1) is 10.9. The fourth-order valence-electron chi connectivity index (χ4n) is 2.62. The predicted octanol–water partition coefficient (Wildman–Crippen LogP) is 4.65. The number of nitrogens with one attached hydrogen (secondary N) is 1. The maximum atomic E-state index is 13.8. The number of anilines is 1. The van der Waals surface area contributed by atoms with Crippen LogP contribution in [0.1, 0.15) is 65.8 Å². The lowest BCUT2D eigenvalue weighted by atomic mass is 9.84. The van der Waals surface area contributed by atoms with E-state index in [1.54, 1.807) is 26.0 Å². The molecule has 1 amide bonds. The van der Waals surface area contributed by atoms with Crippen molar-refractivity contribution < 1.29 is 20.1 Å². The molecule has 130 valence electrons. The van der Waals surface area contributed by atoms with Crippen LogP contribution in [-0.4, -0.2) is 18.5 Å².